The molecule has 31 heavy (non-hydrogen) atoms. The highest BCUT2D eigenvalue weighted by atomic mass is 35.5. The van der Waals surface area contributed by atoms with Crippen LogP contribution in [0.2, 0.25) is 5.02 Å². The molecular weight excluding hydrogens is 436 g/mol. The van der Waals surface area contributed by atoms with Crippen molar-refractivity contribution < 1.29 is 14.3 Å². The molecule has 7 nitrogen and oxygen atoms in total. The lowest BCUT2D eigenvalue weighted by Crippen LogP contribution is -2.15. The minimum Gasteiger partial charge on any atom is -0.497 e. The Morgan fingerprint density at radius 3 is 2.71 bits per heavy atom. The Morgan fingerprint density at radius 2 is 1.94 bits per heavy atom. The number of hydrogen-bond acceptors (Lipinski definition) is 6. The van der Waals surface area contributed by atoms with Gasteiger partial charge in [-0.05, 0) is 55.8 Å². The van der Waals surface area contributed by atoms with Crippen molar-refractivity contribution in [3.8, 4) is 16.6 Å². The van der Waals surface area contributed by atoms with Crippen LogP contribution in [0.25, 0.3) is 15.3 Å². The summed E-state index contributed by atoms with van der Waals surface area (Å²) in [6.45, 7) is 2.31. The fourth-order valence-electron chi connectivity index (χ4n) is 3.00. The molecule has 0 atom stereocenters. The van der Waals surface area contributed by atoms with Crippen LogP contribution in [0.3, 0.4) is 0 Å². The number of hydrogen-bond donors (Lipinski definition) is 1. The van der Waals surface area contributed by atoms with Gasteiger partial charge in [-0.25, -0.2) is 4.98 Å². The molecule has 0 aliphatic carbocycles. The number of halogens is 1. The fourth-order valence-corrected chi connectivity index (χ4v) is 4.09. The number of nitrogens with zero attached hydrogens (tertiary/aromatic N) is 3. The van der Waals surface area contributed by atoms with E-state index in [4.69, 9.17) is 21.1 Å². The van der Waals surface area contributed by atoms with Crippen LogP contribution in [0.5, 0.6) is 11.5 Å². The van der Waals surface area contributed by atoms with E-state index < -0.39 is 0 Å². The number of anilines is 1. The summed E-state index contributed by atoms with van der Waals surface area (Å²) >= 11 is 7.35. The molecule has 9 heteroatoms. The Labute approximate surface area is 188 Å². The quantitative estimate of drug-likeness (QED) is 0.366. The monoisotopic (exact) mass is 456 g/mol. The van der Waals surface area contributed by atoms with Crippen LogP contribution in [-0.4, -0.2) is 34.4 Å². The molecule has 0 spiro atoms. The van der Waals surface area contributed by atoms with E-state index in [1.807, 2.05) is 31.2 Å². The Balaban J connectivity index is 1.39. The number of rotatable bonds is 8. The zero-order valence-electron chi connectivity index (χ0n) is 17.1. The number of carbonyl (C=O) groups is 1. The van der Waals surface area contributed by atoms with Crippen LogP contribution in [-0.2, 0) is 4.79 Å². The van der Waals surface area contributed by atoms with Crippen LogP contribution in [0.1, 0.15) is 18.5 Å². The highest BCUT2D eigenvalue weighted by Gasteiger charge is 2.15. The molecule has 0 radical (unpaired) electrons. The SMILES string of the molecule is COc1ccc2nc(-n3nc(C)cc3NC(=O)CCCOc3ccc(Cl)cc3)sc2c1. The second-order valence-electron chi connectivity index (χ2n) is 6.87. The molecule has 160 valence electrons. The van der Waals surface area contributed by atoms with Gasteiger partial charge >= 0.3 is 0 Å². The van der Waals surface area contributed by atoms with Crippen LogP contribution < -0.4 is 14.8 Å². The summed E-state index contributed by atoms with van der Waals surface area (Å²) in [5.74, 6) is 1.98. The van der Waals surface area contributed by atoms with E-state index in [9.17, 15) is 4.79 Å². The van der Waals surface area contributed by atoms with Gasteiger partial charge in [0, 0.05) is 17.5 Å². The van der Waals surface area contributed by atoms with Gasteiger partial charge in [-0.15, -0.1) is 0 Å². The van der Waals surface area contributed by atoms with Crippen molar-refractivity contribution in [1.82, 2.24) is 14.8 Å². The molecule has 1 amide bonds. The summed E-state index contributed by atoms with van der Waals surface area (Å²) in [4.78, 5) is 17.1. The first-order valence-electron chi connectivity index (χ1n) is 9.71. The summed E-state index contributed by atoms with van der Waals surface area (Å²) < 4.78 is 13.6. The summed E-state index contributed by atoms with van der Waals surface area (Å²) in [7, 11) is 1.63. The molecule has 2 aromatic heterocycles. The molecule has 2 heterocycles. The van der Waals surface area contributed by atoms with E-state index in [0.29, 0.717) is 35.4 Å². The number of thiazole rings is 1. The van der Waals surface area contributed by atoms with Crippen molar-refractivity contribution in [2.75, 3.05) is 19.0 Å². The van der Waals surface area contributed by atoms with Crippen molar-refractivity contribution in [3.05, 3.63) is 59.2 Å². The number of aromatic nitrogens is 3. The lowest BCUT2D eigenvalue weighted by molar-refractivity contribution is -0.116. The number of ether oxygens (including phenoxy) is 2. The van der Waals surface area contributed by atoms with Crippen molar-refractivity contribution in [3.63, 3.8) is 0 Å². The third kappa shape index (κ3) is 5.15. The van der Waals surface area contributed by atoms with Crippen molar-refractivity contribution in [2.24, 2.45) is 0 Å². The number of aryl methyl sites for hydroxylation is 1. The lowest BCUT2D eigenvalue weighted by atomic mass is 10.3. The molecule has 0 unspecified atom stereocenters. The molecule has 0 saturated carbocycles. The summed E-state index contributed by atoms with van der Waals surface area (Å²) in [5.41, 5.74) is 1.64. The van der Waals surface area contributed by atoms with Crippen molar-refractivity contribution in [1.29, 1.82) is 0 Å². The largest absolute Gasteiger partial charge is 0.497 e. The second-order valence-corrected chi connectivity index (χ2v) is 8.31. The van der Waals surface area contributed by atoms with Crippen LogP contribution in [0.4, 0.5) is 5.82 Å². The van der Waals surface area contributed by atoms with E-state index in [-0.39, 0.29) is 5.91 Å². The standard InChI is InChI=1S/C22H21ClN4O3S/c1-14-12-20(25-21(28)4-3-11-30-16-7-5-15(23)6-8-16)27(26-14)22-24-18-10-9-17(29-2)13-19(18)31-22/h5-10,12-13H,3-4,11H2,1-2H3,(H,25,28). The predicted molar refractivity (Wildman–Crippen MR) is 123 cm³/mol. The molecule has 2 aromatic carbocycles. The average Bonchev–Trinajstić information content (AvgIpc) is 3.34. The van der Waals surface area contributed by atoms with Gasteiger partial charge in [0.2, 0.25) is 11.0 Å². The third-order valence-electron chi connectivity index (χ3n) is 4.50. The molecule has 0 fully saturated rings. The Morgan fingerprint density at radius 1 is 1.16 bits per heavy atom. The van der Waals surface area contributed by atoms with E-state index >= 15 is 0 Å². The molecular formula is C22H21ClN4O3S. The maximum atomic E-state index is 12.5. The zero-order valence-corrected chi connectivity index (χ0v) is 18.7. The Hall–Kier alpha value is -3.10. The normalized spacial score (nSPS) is 10.9. The first kappa shape index (κ1) is 21.1. The zero-order chi connectivity index (χ0) is 21.8. The minimum atomic E-state index is -0.108. The Bertz CT molecular complexity index is 1200. The number of nitrogens with one attached hydrogen (secondary N) is 1. The van der Waals surface area contributed by atoms with Crippen LogP contribution in [0.15, 0.2) is 48.5 Å². The van der Waals surface area contributed by atoms with Crippen molar-refractivity contribution in [2.45, 2.75) is 19.8 Å². The summed E-state index contributed by atoms with van der Waals surface area (Å²) in [6, 6.07) is 14.7. The average molecular weight is 457 g/mol. The highest BCUT2D eigenvalue weighted by Crippen LogP contribution is 2.30. The van der Waals surface area contributed by atoms with Gasteiger partial charge in [0.05, 0.1) is 29.6 Å². The lowest BCUT2D eigenvalue weighted by Gasteiger charge is -2.08. The molecule has 4 aromatic rings. The molecule has 0 saturated heterocycles. The maximum Gasteiger partial charge on any atom is 0.225 e. The number of carbonyl (C=O) groups excluding carboxylic acids is 1. The highest BCUT2D eigenvalue weighted by molar-refractivity contribution is 7.20. The van der Waals surface area contributed by atoms with Gasteiger partial charge in [-0.2, -0.15) is 9.78 Å². The molecule has 0 aliphatic heterocycles. The maximum absolute atomic E-state index is 12.5. The molecule has 4 rings (SSSR count). The number of benzene rings is 2. The predicted octanol–water partition coefficient (Wildman–Crippen LogP) is 5.25. The van der Waals surface area contributed by atoms with E-state index in [2.05, 4.69) is 15.4 Å². The Kier molecular flexibility index (Phi) is 6.39. The number of methoxy groups -OCH3 is 1. The first-order chi connectivity index (χ1) is 15.0. The topological polar surface area (TPSA) is 78.3 Å². The molecule has 0 bridgehead atoms. The van der Waals surface area contributed by atoms with Crippen LogP contribution >= 0.6 is 22.9 Å². The molecule has 0 aliphatic rings. The second kappa shape index (κ2) is 9.36. The van der Waals surface area contributed by atoms with Gasteiger partial charge in [0.1, 0.15) is 17.3 Å². The third-order valence-corrected chi connectivity index (χ3v) is 5.74. The molecule has 1 N–H and O–H groups in total. The van der Waals surface area contributed by atoms with E-state index in [1.54, 1.807) is 36.1 Å². The van der Waals surface area contributed by atoms with Gasteiger partial charge in [0.25, 0.3) is 0 Å². The van der Waals surface area contributed by atoms with Crippen molar-refractivity contribution >= 4 is 44.9 Å². The minimum absolute atomic E-state index is 0.108. The van der Waals surface area contributed by atoms with Gasteiger partial charge < -0.3 is 14.8 Å². The van der Waals surface area contributed by atoms with Gasteiger partial charge in [0.15, 0.2) is 0 Å². The fraction of sp³-hybridized carbons (Fsp3) is 0.227. The van der Waals surface area contributed by atoms with E-state index in [0.717, 1.165) is 27.4 Å². The number of amides is 1. The summed E-state index contributed by atoms with van der Waals surface area (Å²) in [5, 5.41) is 8.77. The number of fused-ring (bicyclic) bond motifs is 1. The summed E-state index contributed by atoms with van der Waals surface area (Å²) in [6.07, 6.45) is 0.914. The smallest absolute Gasteiger partial charge is 0.225 e. The van der Waals surface area contributed by atoms with Crippen LogP contribution in [0, 0.1) is 6.92 Å². The van der Waals surface area contributed by atoms with E-state index in [1.165, 1.54) is 11.3 Å². The first-order valence-corrected chi connectivity index (χ1v) is 10.9. The van der Waals surface area contributed by atoms with Gasteiger partial charge in [-0.3, -0.25) is 4.79 Å². The van der Waals surface area contributed by atoms with Gasteiger partial charge in [-0.1, -0.05) is 22.9 Å².